The van der Waals surface area contributed by atoms with Crippen molar-refractivity contribution < 1.29 is 23.4 Å². The Balaban J connectivity index is 1.69. The molecule has 1 aliphatic carbocycles. The first kappa shape index (κ1) is 24.0. The van der Waals surface area contributed by atoms with Gasteiger partial charge < -0.3 is 20.5 Å². The Morgan fingerprint density at radius 2 is 2.00 bits per heavy atom. The first-order valence-corrected chi connectivity index (χ1v) is 11.3. The highest BCUT2D eigenvalue weighted by Gasteiger charge is 2.26. The molecule has 0 radical (unpaired) electrons. The van der Waals surface area contributed by atoms with Gasteiger partial charge >= 0.3 is 6.61 Å². The van der Waals surface area contributed by atoms with Crippen molar-refractivity contribution in [2.24, 2.45) is 0 Å². The van der Waals surface area contributed by atoms with Gasteiger partial charge in [0, 0.05) is 42.0 Å². The number of ether oxygens (including phenoxy) is 1. The fraction of sp³-hybridized carbons (Fsp3) is 0.478. The Morgan fingerprint density at radius 1 is 1.24 bits per heavy atom. The molecule has 0 unspecified atom stereocenters. The number of aliphatic hydroxyl groups is 1. The summed E-state index contributed by atoms with van der Waals surface area (Å²) in [5.74, 6) is 0.231. The Hall–Kier alpha value is -3.18. The summed E-state index contributed by atoms with van der Waals surface area (Å²) in [6.45, 7) is -1.32. The summed E-state index contributed by atoms with van der Waals surface area (Å²) >= 11 is 0. The zero-order chi connectivity index (χ0) is 24.2. The molecule has 9 nitrogen and oxygen atoms in total. The highest BCUT2D eigenvalue weighted by molar-refractivity contribution is 5.92. The Morgan fingerprint density at radius 3 is 2.65 bits per heavy atom. The molecule has 0 bridgehead atoms. The molecule has 0 aliphatic heterocycles. The van der Waals surface area contributed by atoms with Gasteiger partial charge in [-0.1, -0.05) is 6.07 Å². The van der Waals surface area contributed by atoms with E-state index >= 15 is 0 Å². The molecule has 0 spiro atoms. The molecule has 4 rings (SSSR count). The summed E-state index contributed by atoms with van der Waals surface area (Å²) in [5.41, 5.74) is 3.75. The van der Waals surface area contributed by atoms with Crippen LogP contribution in [-0.4, -0.2) is 63.0 Å². The number of alkyl halides is 2. The lowest BCUT2D eigenvalue weighted by atomic mass is 9.85. The molecule has 0 saturated heterocycles. The van der Waals surface area contributed by atoms with Gasteiger partial charge in [0.1, 0.15) is 5.69 Å². The standard InChI is InChI=1S/C23H28F2N6O3/c1-13(12-34-22(24)25)29-23-28-11-20-17(15-5-8-18(27-10-15)21(33)26-2)9-19(31(20)30-23)14-3-6-16(32)7-4-14/h5,8-11,13-14,16,22,32H,3-4,6-7,12H2,1-2H3,(H,26,33)(H,29,30)/t13-,14?,16?/m0/s1. The molecule has 1 aliphatic rings. The van der Waals surface area contributed by atoms with Crippen LogP contribution in [0.25, 0.3) is 16.6 Å². The molecule has 1 saturated carbocycles. The van der Waals surface area contributed by atoms with Gasteiger partial charge in [0.05, 0.1) is 24.4 Å². The molecule has 11 heteroatoms. The van der Waals surface area contributed by atoms with Crippen molar-refractivity contribution in [3.63, 3.8) is 0 Å². The summed E-state index contributed by atoms with van der Waals surface area (Å²) in [4.78, 5) is 20.5. The number of halogens is 2. The summed E-state index contributed by atoms with van der Waals surface area (Å²) in [5, 5.41) is 20.1. The van der Waals surface area contributed by atoms with E-state index in [9.17, 15) is 18.7 Å². The Kier molecular flexibility index (Phi) is 7.32. The SMILES string of the molecule is CNC(=O)c1ccc(-c2cc(C3CCC(O)CC3)n3nc(N[C@@H](C)COC(F)F)ncc23)cn1. The number of hydrogen-bond donors (Lipinski definition) is 3. The number of rotatable bonds is 8. The zero-order valence-electron chi connectivity index (χ0n) is 19.0. The third-order valence-electron chi connectivity index (χ3n) is 6.04. The van der Waals surface area contributed by atoms with Crippen molar-refractivity contribution >= 4 is 17.4 Å². The van der Waals surface area contributed by atoms with E-state index in [-0.39, 0.29) is 24.5 Å². The van der Waals surface area contributed by atoms with Crippen molar-refractivity contribution in [2.75, 3.05) is 19.0 Å². The summed E-state index contributed by atoms with van der Waals surface area (Å²) in [6.07, 6.45) is 6.12. The number of aromatic nitrogens is 4. The predicted octanol–water partition coefficient (Wildman–Crippen LogP) is 3.21. The molecule has 3 heterocycles. The molecule has 182 valence electrons. The number of amides is 1. The molecule has 34 heavy (non-hydrogen) atoms. The molecule has 3 aromatic rings. The summed E-state index contributed by atoms with van der Waals surface area (Å²) < 4.78 is 30.9. The Labute approximate surface area is 195 Å². The summed E-state index contributed by atoms with van der Waals surface area (Å²) in [7, 11) is 1.55. The first-order valence-electron chi connectivity index (χ1n) is 11.3. The third kappa shape index (κ3) is 5.31. The fourth-order valence-electron chi connectivity index (χ4n) is 4.27. The van der Waals surface area contributed by atoms with Crippen molar-refractivity contribution in [3.05, 3.63) is 42.0 Å². The largest absolute Gasteiger partial charge is 0.393 e. The van der Waals surface area contributed by atoms with Gasteiger partial charge in [0.2, 0.25) is 5.95 Å². The van der Waals surface area contributed by atoms with E-state index in [0.717, 1.165) is 35.2 Å². The second-order valence-corrected chi connectivity index (χ2v) is 8.52. The molecule has 3 N–H and O–H groups in total. The van der Waals surface area contributed by atoms with Crippen LogP contribution in [0.5, 0.6) is 0 Å². The van der Waals surface area contributed by atoms with Crippen molar-refractivity contribution in [2.45, 2.75) is 57.3 Å². The maximum absolute atomic E-state index is 12.4. The number of nitrogens with one attached hydrogen (secondary N) is 2. The second-order valence-electron chi connectivity index (χ2n) is 8.52. The van der Waals surface area contributed by atoms with Crippen LogP contribution in [0.1, 0.15) is 54.7 Å². The van der Waals surface area contributed by atoms with Crippen LogP contribution >= 0.6 is 0 Å². The first-order chi connectivity index (χ1) is 16.4. The fourth-order valence-corrected chi connectivity index (χ4v) is 4.27. The van der Waals surface area contributed by atoms with E-state index < -0.39 is 12.7 Å². The highest BCUT2D eigenvalue weighted by atomic mass is 19.3. The number of carbonyl (C=O) groups excluding carboxylic acids is 1. The lowest BCUT2D eigenvalue weighted by Crippen LogP contribution is -2.25. The van der Waals surface area contributed by atoms with Crippen LogP contribution < -0.4 is 10.6 Å². The van der Waals surface area contributed by atoms with Crippen LogP contribution in [-0.2, 0) is 4.74 Å². The average Bonchev–Trinajstić information content (AvgIpc) is 3.21. The molecule has 3 aromatic heterocycles. The Bertz CT molecular complexity index is 1130. The lowest BCUT2D eigenvalue weighted by Gasteiger charge is -2.25. The van der Waals surface area contributed by atoms with Crippen LogP contribution in [0.3, 0.4) is 0 Å². The van der Waals surface area contributed by atoms with Crippen molar-refractivity contribution in [1.29, 1.82) is 0 Å². The quantitative estimate of drug-likeness (QED) is 0.459. The van der Waals surface area contributed by atoms with E-state index in [0.29, 0.717) is 24.5 Å². The minimum Gasteiger partial charge on any atom is -0.393 e. The van der Waals surface area contributed by atoms with E-state index in [1.54, 1.807) is 32.4 Å². The smallest absolute Gasteiger partial charge is 0.345 e. The van der Waals surface area contributed by atoms with Gasteiger partial charge in [-0.25, -0.2) is 9.50 Å². The van der Waals surface area contributed by atoms with Gasteiger partial charge in [0.25, 0.3) is 5.91 Å². The van der Waals surface area contributed by atoms with Gasteiger partial charge in [-0.15, -0.1) is 5.10 Å². The van der Waals surface area contributed by atoms with Gasteiger partial charge in [-0.3, -0.25) is 9.78 Å². The number of hydrogen-bond acceptors (Lipinski definition) is 7. The van der Waals surface area contributed by atoms with Crippen LogP contribution in [0.4, 0.5) is 14.7 Å². The molecule has 1 atom stereocenters. The molecule has 1 fully saturated rings. The van der Waals surface area contributed by atoms with E-state index in [1.165, 1.54) is 0 Å². The molecular formula is C23H28F2N6O3. The molecule has 1 amide bonds. The molecular weight excluding hydrogens is 446 g/mol. The van der Waals surface area contributed by atoms with Gasteiger partial charge in [-0.05, 0) is 44.7 Å². The second kappa shape index (κ2) is 10.4. The monoisotopic (exact) mass is 474 g/mol. The van der Waals surface area contributed by atoms with Crippen molar-refractivity contribution in [3.8, 4) is 11.1 Å². The summed E-state index contributed by atoms with van der Waals surface area (Å²) in [6, 6.07) is 5.12. The highest BCUT2D eigenvalue weighted by Crippen LogP contribution is 2.37. The van der Waals surface area contributed by atoms with Gasteiger partial charge in [-0.2, -0.15) is 8.78 Å². The average molecular weight is 475 g/mol. The maximum atomic E-state index is 12.4. The lowest BCUT2D eigenvalue weighted by molar-refractivity contribution is -0.130. The van der Waals surface area contributed by atoms with Gasteiger partial charge in [0.15, 0.2) is 0 Å². The van der Waals surface area contributed by atoms with E-state index in [2.05, 4.69) is 36.5 Å². The number of fused-ring (bicyclic) bond motifs is 1. The predicted molar refractivity (Wildman–Crippen MR) is 122 cm³/mol. The number of pyridine rings is 1. The van der Waals surface area contributed by atoms with Crippen LogP contribution in [0.2, 0.25) is 0 Å². The van der Waals surface area contributed by atoms with E-state index in [1.807, 2.05) is 10.6 Å². The normalized spacial score (nSPS) is 19.4. The van der Waals surface area contributed by atoms with Crippen LogP contribution in [0.15, 0.2) is 30.6 Å². The number of anilines is 1. The zero-order valence-corrected chi connectivity index (χ0v) is 19.0. The number of aliphatic hydroxyl groups excluding tert-OH is 1. The van der Waals surface area contributed by atoms with Crippen LogP contribution in [0, 0.1) is 0 Å². The van der Waals surface area contributed by atoms with E-state index in [4.69, 9.17) is 0 Å². The maximum Gasteiger partial charge on any atom is 0.345 e. The number of nitrogens with zero attached hydrogens (tertiary/aromatic N) is 4. The molecule has 0 aromatic carbocycles. The minimum atomic E-state index is -2.84. The topological polar surface area (TPSA) is 114 Å². The number of carbonyl (C=O) groups is 1. The van der Waals surface area contributed by atoms with Crippen molar-refractivity contribution in [1.82, 2.24) is 24.9 Å². The minimum absolute atomic E-state index is 0.188. The third-order valence-corrected chi connectivity index (χ3v) is 6.04.